The predicted molar refractivity (Wildman–Crippen MR) is 85.0 cm³/mol. The van der Waals surface area contributed by atoms with Gasteiger partial charge in [-0.15, -0.1) is 24.0 Å². The van der Waals surface area contributed by atoms with Crippen LogP contribution in [0.2, 0.25) is 0 Å². The van der Waals surface area contributed by atoms with E-state index < -0.39 is 5.60 Å². The number of guanidine groups is 1. The molecule has 2 heterocycles. The summed E-state index contributed by atoms with van der Waals surface area (Å²) in [4.78, 5) is 4.22. The first-order chi connectivity index (χ1) is 8.68. The maximum absolute atomic E-state index is 10.1. The van der Waals surface area contributed by atoms with Gasteiger partial charge in [0.15, 0.2) is 5.96 Å². The van der Waals surface area contributed by atoms with Crippen molar-refractivity contribution in [2.24, 2.45) is 4.99 Å². The molecule has 3 unspecified atom stereocenters. The summed E-state index contributed by atoms with van der Waals surface area (Å²) < 4.78 is 5.81. The number of ether oxygens (including phenoxy) is 1. The average molecular weight is 381 g/mol. The molecule has 2 saturated heterocycles. The zero-order valence-electron chi connectivity index (χ0n) is 11.4. The number of rotatable bonds is 3. The van der Waals surface area contributed by atoms with Gasteiger partial charge in [-0.2, -0.15) is 0 Å². The van der Waals surface area contributed by atoms with E-state index in [0.717, 1.165) is 38.1 Å². The van der Waals surface area contributed by atoms with E-state index in [1.54, 1.807) is 7.05 Å². The molecular formula is C13H24IN3O2. The zero-order chi connectivity index (χ0) is 12.6. The van der Waals surface area contributed by atoms with Crippen LogP contribution in [0.15, 0.2) is 4.99 Å². The maximum atomic E-state index is 10.1. The number of aliphatic hydroxyl groups is 1. The quantitative estimate of drug-likeness (QED) is 0.388. The highest BCUT2D eigenvalue weighted by Gasteiger charge is 2.41. The van der Waals surface area contributed by atoms with Gasteiger partial charge in [0.2, 0.25) is 0 Å². The molecule has 3 aliphatic rings. The molecule has 1 aliphatic carbocycles. The fourth-order valence-electron chi connectivity index (χ4n) is 3.17. The Bertz CT molecular complexity index is 347. The molecule has 2 bridgehead atoms. The van der Waals surface area contributed by atoms with Gasteiger partial charge in [0.1, 0.15) is 0 Å². The SMILES string of the molecule is CN=C(NCC1(O)CCC1)NC1CC2CCC1O2.I. The zero-order valence-corrected chi connectivity index (χ0v) is 13.7. The minimum absolute atomic E-state index is 0. The number of aliphatic imine (C=N–C) groups is 1. The summed E-state index contributed by atoms with van der Waals surface area (Å²) in [5.74, 6) is 0.788. The van der Waals surface area contributed by atoms with Crippen molar-refractivity contribution < 1.29 is 9.84 Å². The second-order valence-corrected chi connectivity index (χ2v) is 5.86. The van der Waals surface area contributed by atoms with Crippen molar-refractivity contribution in [3.8, 4) is 0 Å². The summed E-state index contributed by atoms with van der Waals surface area (Å²) in [5, 5.41) is 16.7. The topological polar surface area (TPSA) is 65.9 Å². The molecule has 3 atom stereocenters. The first kappa shape index (κ1) is 15.3. The molecular weight excluding hydrogens is 357 g/mol. The van der Waals surface area contributed by atoms with E-state index in [1.165, 1.54) is 6.42 Å². The van der Waals surface area contributed by atoms with Crippen LogP contribution in [0.1, 0.15) is 38.5 Å². The number of nitrogens with zero attached hydrogens (tertiary/aromatic N) is 1. The second kappa shape index (κ2) is 6.13. The van der Waals surface area contributed by atoms with Gasteiger partial charge < -0.3 is 20.5 Å². The summed E-state index contributed by atoms with van der Waals surface area (Å²) in [7, 11) is 1.77. The Balaban J connectivity index is 0.00000133. The molecule has 0 radical (unpaired) electrons. The van der Waals surface area contributed by atoms with Crippen molar-refractivity contribution in [3.63, 3.8) is 0 Å². The van der Waals surface area contributed by atoms with Crippen molar-refractivity contribution in [1.82, 2.24) is 10.6 Å². The van der Waals surface area contributed by atoms with Gasteiger partial charge in [0.05, 0.1) is 23.9 Å². The molecule has 2 aliphatic heterocycles. The standard InChI is InChI=1S/C13H23N3O2.HI/c1-14-12(15-8-13(17)5-2-6-13)16-10-7-9-3-4-11(10)18-9;/h9-11,17H,2-8H2,1H3,(H2,14,15,16);1H. The highest BCUT2D eigenvalue weighted by Crippen LogP contribution is 2.34. The molecule has 3 rings (SSSR count). The van der Waals surface area contributed by atoms with Gasteiger partial charge in [0, 0.05) is 13.6 Å². The van der Waals surface area contributed by atoms with Crippen molar-refractivity contribution in [3.05, 3.63) is 0 Å². The number of halogens is 1. The van der Waals surface area contributed by atoms with E-state index >= 15 is 0 Å². The minimum atomic E-state index is -0.511. The van der Waals surface area contributed by atoms with Crippen LogP contribution in [0.5, 0.6) is 0 Å². The van der Waals surface area contributed by atoms with Gasteiger partial charge in [-0.3, -0.25) is 4.99 Å². The molecule has 0 aromatic heterocycles. The summed E-state index contributed by atoms with van der Waals surface area (Å²) in [6.45, 7) is 0.592. The monoisotopic (exact) mass is 381 g/mol. The van der Waals surface area contributed by atoms with Crippen LogP contribution >= 0.6 is 24.0 Å². The third-order valence-electron chi connectivity index (χ3n) is 4.52. The van der Waals surface area contributed by atoms with E-state index in [1.807, 2.05) is 0 Å². The minimum Gasteiger partial charge on any atom is -0.388 e. The summed E-state index contributed by atoms with van der Waals surface area (Å²) >= 11 is 0. The van der Waals surface area contributed by atoms with Crippen LogP contribution in [0, 0.1) is 0 Å². The Morgan fingerprint density at radius 2 is 2.21 bits per heavy atom. The molecule has 19 heavy (non-hydrogen) atoms. The van der Waals surface area contributed by atoms with Crippen LogP contribution in [-0.2, 0) is 4.74 Å². The van der Waals surface area contributed by atoms with Crippen molar-refractivity contribution in [2.75, 3.05) is 13.6 Å². The molecule has 0 aromatic carbocycles. The predicted octanol–water partition coefficient (Wildman–Crippen LogP) is 1.00. The van der Waals surface area contributed by atoms with Crippen LogP contribution in [-0.4, -0.2) is 48.5 Å². The van der Waals surface area contributed by atoms with E-state index in [0.29, 0.717) is 24.8 Å². The average Bonchev–Trinajstić information content (AvgIpc) is 2.94. The first-order valence-corrected chi connectivity index (χ1v) is 7.04. The third-order valence-corrected chi connectivity index (χ3v) is 4.52. The fraction of sp³-hybridized carbons (Fsp3) is 0.923. The number of nitrogens with one attached hydrogen (secondary N) is 2. The molecule has 110 valence electrons. The van der Waals surface area contributed by atoms with Gasteiger partial charge >= 0.3 is 0 Å². The number of hydrogen-bond acceptors (Lipinski definition) is 3. The molecule has 0 aromatic rings. The van der Waals surface area contributed by atoms with Crippen LogP contribution in [0.25, 0.3) is 0 Å². The lowest BCUT2D eigenvalue weighted by Crippen LogP contribution is -2.53. The third kappa shape index (κ3) is 3.33. The summed E-state index contributed by atoms with van der Waals surface area (Å²) in [6, 6.07) is 0.381. The lowest BCUT2D eigenvalue weighted by Gasteiger charge is -2.37. The molecule has 0 amide bonds. The highest BCUT2D eigenvalue weighted by molar-refractivity contribution is 14.0. The Hall–Kier alpha value is -0.0800. The number of fused-ring (bicyclic) bond motifs is 2. The Kier molecular flexibility index (Phi) is 4.94. The second-order valence-electron chi connectivity index (χ2n) is 5.86. The van der Waals surface area contributed by atoms with Crippen molar-refractivity contribution in [1.29, 1.82) is 0 Å². The number of hydrogen-bond donors (Lipinski definition) is 3. The maximum Gasteiger partial charge on any atom is 0.191 e. The van der Waals surface area contributed by atoms with Gasteiger partial charge in [-0.25, -0.2) is 0 Å². The van der Waals surface area contributed by atoms with Crippen molar-refractivity contribution >= 4 is 29.9 Å². The fourth-order valence-corrected chi connectivity index (χ4v) is 3.17. The van der Waals surface area contributed by atoms with Crippen LogP contribution in [0.4, 0.5) is 0 Å². The molecule has 1 saturated carbocycles. The molecule has 0 spiro atoms. The van der Waals surface area contributed by atoms with Crippen molar-refractivity contribution in [2.45, 2.75) is 62.4 Å². The largest absolute Gasteiger partial charge is 0.388 e. The Labute approximate surface area is 131 Å². The van der Waals surface area contributed by atoms with E-state index in [-0.39, 0.29) is 24.0 Å². The van der Waals surface area contributed by atoms with Gasteiger partial charge in [-0.1, -0.05) is 0 Å². The smallest absolute Gasteiger partial charge is 0.191 e. The Morgan fingerprint density at radius 1 is 1.42 bits per heavy atom. The highest BCUT2D eigenvalue weighted by atomic mass is 127. The van der Waals surface area contributed by atoms with Gasteiger partial charge in [-0.05, 0) is 38.5 Å². The van der Waals surface area contributed by atoms with Crippen LogP contribution < -0.4 is 10.6 Å². The molecule has 6 heteroatoms. The lowest BCUT2D eigenvalue weighted by atomic mass is 9.80. The normalized spacial score (nSPS) is 35.5. The van der Waals surface area contributed by atoms with E-state index in [9.17, 15) is 5.11 Å². The molecule has 5 nitrogen and oxygen atoms in total. The summed E-state index contributed by atoms with van der Waals surface area (Å²) in [6.07, 6.45) is 7.15. The molecule has 3 fully saturated rings. The lowest BCUT2D eigenvalue weighted by molar-refractivity contribution is -0.0279. The molecule has 3 N–H and O–H groups in total. The first-order valence-electron chi connectivity index (χ1n) is 7.04. The van der Waals surface area contributed by atoms with Crippen LogP contribution in [0.3, 0.4) is 0 Å². The van der Waals surface area contributed by atoms with E-state index in [4.69, 9.17) is 4.74 Å². The Morgan fingerprint density at radius 3 is 2.68 bits per heavy atom. The summed E-state index contributed by atoms with van der Waals surface area (Å²) in [5.41, 5.74) is -0.511. The van der Waals surface area contributed by atoms with E-state index in [2.05, 4.69) is 15.6 Å². The van der Waals surface area contributed by atoms with Gasteiger partial charge in [0.25, 0.3) is 0 Å².